The van der Waals surface area contributed by atoms with Crippen molar-refractivity contribution in [3.05, 3.63) is 83.9 Å². The highest BCUT2D eigenvalue weighted by molar-refractivity contribution is 7.92. The number of nitrogens with zero attached hydrogens (tertiary/aromatic N) is 2. The van der Waals surface area contributed by atoms with Gasteiger partial charge < -0.3 is 9.64 Å². The molecule has 6 nitrogen and oxygen atoms in total. The van der Waals surface area contributed by atoms with E-state index in [1.165, 1.54) is 10.4 Å². The summed E-state index contributed by atoms with van der Waals surface area (Å²) >= 11 is 0. The Morgan fingerprint density at radius 2 is 1.74 bits per heavy atom. The molecule has 0 bridgehead atoms. The summed E-state index contributed by atoms with van der Waals surface area (Å²) in [6, 6.07) is 21.1. The maximum absolute atomic E-state index is 13.6. The van der Waals surface area contributed by atoms with Crippen molar-refractivity contribution in [2.24, 2.45) is 0 Å². The van der Waals surface area contributed by atoms with Gasteiger partial charge in [0, 0.05) is 12.2 Å². The molecule has 0 radical (unpaired) electrons. The minimum absolute atomic E-state index is 0.115. The lowest BCUT2D eigenvalue weighted by atomic mass is 10.2. The first-order valence-corrected chi connectivity index (χ1v) is 11.5. The summed E-state index contributed by atoms with van der Waals surface area (Å²) in [7, 11) is -2.43. The third-order valence-corrected chi connectivity index (χ3v) is 7.24. The Kier molecular flexibility index (Phi) is 5.69. The number of methoxy groups -OCH3 is 1. The summed E-state index contributed by atoms with van der Waals surface area (Å²) < 4.78 is 33.6. The molecule has 3 aromatic rings. The lowest BCUT2D eigenvalue weighted by molar-refractivity contribution is -0.117. The fourth-order valence-electron chi connectivity index (χ4n) is 3.85. The fraction of sp³-hybridized carbons (Fsp3) is 0.208. The zero-order valence-corrected chi connectivity index (χ0v) is 18.3. The molecule has 0 unspecified atom stereocenters. The number of hydrogen-bond donors (Lipinski definition) is 0. The number of ether oxygens (including phenoxy) is 1. The third kappa shape index (κ3) is 4.01. The number of benzene rings is 3. The SMILES string of the molecule is COc1ccc(S(=O)(=O)N(CC(=O)N2CCc3ccccc32)c2ccccc2)cc1C. The van der Waals surface area contributed by atoms with E-state index in [-0.39, 0.29) is 17.3 Å². The summed E-state index contributed by atoms with van der Waals surface area (Å²) in [5.41, 5.74) is 3.09. The highest BCUT2D eigenvalue weighted by atomic mass is 32.2. The van der Waals surface area contributed by atoms with E-state index in [1.807, 2.05) is 30.3 Å². The summed E-state index contributed by atoms with van der Waals surface area (Å²) in [4.78, 5) is 15.0. The van der Waals surface area contributed by atoms with Crippen molar-refractivity contribution in [2.45, 2.75) is 18.2 Å². The Hall–Kier alpha value is -3.32. The van der Waals surface area contributed by atoms with Crippen LogP contribution >= 0.6 is 0 Å². The molecule has 0 fully saturated rings. The van der Waals surface area contributed by atoms with Crippen LogP contribution in [-0.4, -0.2) is 34.5 Å². The van der Waals surface area contributed by atoms with Gasteiger partial charge in [-0.05, 0) is 60.9 Å². The monoisotopic (exact) mass is 436 g/mol. The van der Waals surface area contributed by atoms with Crippen LogP contribution in [0, 0.1) is 6.92 Å². The fourth-order valence-corrected chi connectivity index (χ4v) is 5.35. The molecule has 0 spiro atoms. The predicted molar refractivity (Wildman–Crippen MR) is 121 cm³/mol. The molecular weight excluding hydrogens is 412 g/mol. The van der Waals surface area contributed by atoms with Crippen molar-refractivity contribution in [1.82, 2.24) is 0 Å². The van der Waals surface area contributed by atoms with E-state index in [2.05, 4.69) is 0 Å². The lowest BCUT2D eigenvalue weighted by Gasteiger charge is -2.27. The van der Waals surface area contributed by atoms with Crippen molar-refractivity contribution in [3.8, 4) is 5.75 Å². The van der Waals surface area contributed by atoms with Crippen molar-refractivity contribution >= 4 is 27.3 Å². The predicted octanol–water partition coefficient (Wildman–Crippen LogP) is 3.79. The molecule has 160 valence electrons. The highest BCUT2D eigenvalue weighted by Crippen LogP contribution is 2.30. The van der Waals surface area contributed by atoms with Gasteiger partial charge in [-0.2, -0.15) is 0 Å². The van der Waals surface area contributed by atoms with Gasteiger partial charge in [-0.15, -0.1) is 0 Å². The smallest absolute Gasteiger partial charge is 0.264 e. The van der Waals surface area contributed by atoms with Crippen molar-refractivity contribution < 1.29 is 17.9 Å². The van der Waals surface area contributed by atoms with Crippen LogP contribution in [0.5, 0.6) is 5.75 Å². The minimum Gasteiger partial charge on any atom is -0.496 e. The van der Waals surface area contributed by atoms with Gasteiger partial charge in [-0.1, -0.05) is 36.4 Å². The van der Waals surface area contributed by atoms with Gasteiger partial charge in [0.2, 0.25) is 5.91 Å². The van der Waals surface area contributed by atoms with Crippen LogP contribution in [0.4, 0.5) is 11.4 Å². The minimum atomic E-state index is -3.97. The molecule has 0 saturated heterocycles. The Balaban J connectivity index is 1.70. The van der Waals surface area contributed by atoms with Crippen LogP contribution < -0.4 is 13.9 Å². The summed E-state index contributed by atoms with van der Waals surface area (Å²) in [6.45, 7) is 2.05. The van der Waals surface area contributed by atoms with Gasteiger partial charge in [-0.3, -0.25) is 9.10 Å². The van der Waals surface area contributed by atoms with Crippen molar-refractivity contribution in [3.63, 3.8) is 0 Å². The number of amides is 1. The molecule has 1 heterocycles. The zero-order valence-electron chi connectivity index (χ0n) is 17.5. The van der Waals surface area contributed by atoms with Crippen LogP contribution in [0.1, 0.15) is 11.1 Å². The second-order valence-corrected chi connectivity index (χ2v) is 9.27. The number of rotatable bonds is 6. The quantitative estimate of drug-likeness (QED) is 0.590. The molecule has 0 aliphatic carbocycles. The van der Waals surface area contributed by atoms with Crippen LogP contribution in [0.25, 0.3) is 0 Å². The molecule has 0 aromatic heterocycles. The van der Waals surface area contributed by atoms with Crippen molar-refractivity contribution in [2.75, 3.05) is 29.4 Å². The topological polar surface area (TPSA) is 66.9 Å². The number of fused-ring (bicyclic) bond motifs is 1. The van der Waals surface area contributed by atoms with E-state index < -0.39 is 10.0 Å². The second-order valence-electron chi connectivity index (χ2n) is 7.40. The average Bonchev–Trinajstić information content (AvgIpc) is 3.22. The Labute approximate surface area is 182 Å². The Bertz CT molecular complexity index is 1210. The second kappa shape index (κ2) is 8.43. The standard InChI is InChI=1S/C24H24N2O4S/c1-18-16-21(12-13-23(18)30-2)31(28,29)26(20-9-4-3-5-10-20)17-24(27)25-15-14-19-8-6-7-11-22(19)25/h3-13,16H,14-15,17H2,1-2H3. The number of sulfonamides is 1. The first-order valence-electron chi connectivity index (χ1n) is 10.0. The molecular formula is C24H24N2O4S. The Morgan fingerprint density at radius 1 is 1.03 bits per heavy atom. The first-order chi connectivity index (χ1) is 14.9. The number of carbonyl (C=O) groups excluding carboxylic acids is 1. The summed E-state index contributed by atoms with van der Waals surface area (Å²) in [5, 5.41) is 0. The number of carbonyl (C=O) groups is 1. The average molecular weight is 437 g/mol. The molecule has 4 rings (SSSR count). The summed E-state index contributed by atoms with van der Waals surface area (Å²) in [6.07, 6.45) is 0.762. The maximum atomic E-state index is 13.6. The van der Waals surface area contributed by atoms with Crippen LogP contribution in [0.3, 0.4) is 0 Å². The molecule has 0 saturated carbocycles. The molecule has 3 aromatic carbocycles. The van der Waals surface area contributed by atoms with Gasteiger partial charge in [-0.25, -0.2) is 8.42 Å². The van der Waals surface area contributed by atoms with E-state index in [9.17, 15) is 13.2 Å². The molecule has 0 N–H and O–H groups in total. The first kappa shape index (κ1) is 20.9. The molecule has 1 amide bonds. The number of aryl methyl sites for hydroxylation is 1. The van der Waals surface area contributed by atoms with Crippen LogP contribution in [-0.2, 0) is 21.2 Å². The summed E-state index contributed by atoms with van der Waals surface area (Å²) in [5.74, 6) is 0.345. The molecule has 1 aliphatic rings. The number of anilines is 2. The van der Waals surface area contributed by atoms with Gasteiger partial charge in [0.25, 0.3) is 10.0 Å². The number of para-hydroxylation sites is 2. The van der Waals surface area contributed by atoms with E-state index in [1.54, 1.807) is 55.3 Å². The van der Waals surface area contributed by atoms with E-state index in [0.29, 0.717) is 23.5 Å². The molecule has 31 heavy (non-hydrogen) atoms. The lowest BCUT2D eigenvalue weighted by Crippen LogP contribution is -2.42. The molecule has 7 heteroatoms. The van der Waals surface area contributed by atoms with Crippen molar-refractivity contribution in [1.29, 1.82) is 0 Å². The normalized spacial score (nSPS) is 13.0. The van der Waals surface area contributed by atoms with E-state index in [0.717, 1.165) is 17.7 Å². The third-order valence-electron chi connectivity index (χ3n) is 5.47. The number of hydrogen-bond acceptors (Lipinski definition) is 4. The zero-order chi connectivity index (χ0) is 22.0. The van der Waals surface area contributed by atoms with Gasteiger partial charge in [0.1, 0.15) is 12.3 Å². The maximum Gasteiger partial charge on any atom is 0.264 e. The van der Waals surface area contributed by atoms with Crippen LogP contribution in [0.2, 0.25) is 0 Å². The van der Waals surface area contributed by atoms with Gasteiger partial charge in [0.05, 0.1) is 17.7 Å². The van der Waals surface area contributed by atoms with Gasteiger partial charge >= 0.3 is 0 Å². The van der Waals surface area contributed by atoms with Crippen LogP contribution in [0.15, 0.2) is 77.7 Å². The Morgan fingerprint density at radius 3 is 2.45 bits per heavy atom. The van der Waals surface area contributed by atoms with Gasteiger partial charge in [0.15, 0.2) is 0 Å². The molecule has 0 atom stereocenters. The highest BCUT2D eigenvalue weighted by Gasteiger charge is 2.31. The largest absolute Gasteiger partial charge is 0.496 e. The van der Waals surface area contributed by atoms with E-state index >= 15 is 0 Å². The molecule has 1 aliphatic heterocycles. The van der Waals surface area contributed by atoms with E-state index in [4.69, 9.17) is 4.74 Å².